The van der Waals surface area contributed by atoms with Gasteiger partial charge in [0.15, 0.2) is 0 Å². The van der Waals surface area contributed by atoms with Crippen molar-refractivity contribution in [1.29, 1.82) is 0 Å². The zero-order valence-corrected chi connectivity index (χ0v) is 13.2. The average Bonchev–Trinajstić information content (AvgIpc) is 2.91. The number of carbonyl (C=O) groups is 1. The van der Waals surface area contributed by atoms with Crippen molar-refractivity contribution in [2.75, 3.05) is 26.7 Å². The Labute approximate surface area is 130 Å². The Bertz CT molecular complexity index is 680. The van der Waals surface area contributed by atoms with Crippen LogP contribution in [-0.4, -0.2) is 58.2 Å². The van der Waals surface area contributed by atoms with E-state index < -0.39 is 12.0 Å². The van der Waals surface area contributed by atoms with E-state index in [2.05, 4.69) is 46.9 Å². The van der Waals surface area contributed by atoms with Crippen LogP contribution in [-0.2, 0) is 17.9 Å². The highest BCUT2D eigenvalue weighted by atomic mass is 16.4. The molecule has 22 heavy (non-hydrogen) atoms. The van der Waals surface area contributed by atoms with Crippen molar-refractivity contribution in [2.24, 2.45) is 0 Å². The molecule has 2 heterocycles. The molecule has 1 aromatic carbocycles. The molecular weight excluding hydrogens is 278 g/mol. The molecule has 2 aromatic rings. The number of piperazine rings is 1. The Morgan fingerprint density at radius 2 is 2.14 bits per heavy atom. The Hall–Kier alpha value is -1.85. The molecule has 1 aliphatic heterocycles. The zero-order chi connectivity index (χ0) is 15.7. The SMILES string of the molecule is CCn1ccc2ccc(CN3CCN(C)[C@@H](C(=O)O)C3)cc21. The lowest BCUT2D eigenvalue weighted by Crippen LogP contribution is -2.54. The van der Waals surface area contributed by atoms with Gasteiger partial charge in [-0.1, -0.05) is 12.1 Å². The molecular formula is C17H23N3O2. The fourth-order valence-corrected chi connectivity index (χ4v) is 3.20. The molecule has 1 atom stereocenters. The lowest BCUT2D eigenvalue weighted by molar-refractivity contribution is -0.145. The van der Waals surface area contributed by atoms with Gasteiger partial charge in [-0.25, -0.2) is 0 Å². The molecule has 1 aromatic heterocycles. The van der Waals surface area contributed by atoms with E-state index in [9.17, 15) is 9.90 Å². The molecule has 0 saturated carbocycles. The predicted octanol–water partition coefficient (Wildman–Crippen LogP) is 1.86. The molecule has 0 unspecified atom stereocenters. The van der Waals surface area contributed by atoms with E-state index in [4.69, 9.17) is 0 Å². The molecule has 1 saturated heterocycles. The molecule has 0 amide bonds. The number of aliphatic carboxylic acids is 1. The Kier molecular flexibility index (Phi) is 4.18. The number of carboxylic acid groups (broad SMARTS) is 1. The number of aryl methyl sites for hydroxylation is 1. The van der Waals surface area contributed by atoms with Crippen LogP contribution < -0.4 is 0 Å². The first-order chi connectivity index (χ1) is 10.6. The third-order valence-corrected chi connectivity index (χ3v) is 4.60. The summed E-state index contributed by atoms with van der Waals surface area (Å²) in [4.78, 5) is 15.5. The fraction of sp³-hybridized carbons (Fsp3) is 0.471. The first-order valence-corrected chi connectivity index (χ1v) is 7.81. The van der Waals surface area contributed by atoms with Crippen molar-refractivity contribution in [3.63, 3.8) is 0 Å². The van der Waals surface area contributed by atoms with E-state index in [0.717, 1.165) is 26.2 Å². The molecule has 0 spiro atoms. The molecule has 0 bridgehead atoms. The second-order valence-electron chi connectivity index (χ2n) is 6.06. The maximum Gasteiger partial charge on any atom is 0.322 e. The van der Waals surface area contributed by atoms with Crippen molar-refractivity contribution < 1.29 is 9.90 Å². The highest BCUT2D eigenvalue weighted by molar-refractivity contribution is 5.80. The first-order valence-electron chi connectivity index (χ1n) is 7.81. The second-order valence-corrected chi connectivity index (χ2v) is 6.06. The summed E-state index contributed by atoms with van der Waals surface area (Å²) in [5.74, 6) is -0.734. The minimum Gasteiger partial charge on any atom is -0.480 e. The maximum absolute atomic E-state index is 11.3. The summed E-state index contributed by atoms with van der Waals surface area (Å²) in [6, 6.07) is 8.26. The number of hydrogen-bond acceptors (Lipinski definition) is 3. The van der Waals surface area contributed by atoms with Crippen molar-refractivity contribution in [2.45, 2.75) is 26.1 Å². The van der Waals surface area contributed by atoms with Crippen LogP contribution in [0.5, 0.6) is 0 Å². The van der Waals surface area contributed by atoms with E-state index in [-0.39, 0.29) is 0 Å². The van der Waals surface area contributed by atoms with E-state index in [1.165, 1.54) is 16.5 Å². The summed E-state index contributed by atoms with van der Waals surface area (Å²) in [5, 5.41) is 10.6. The topological polar surface area (TPSA) is 48.7 Å². The predicted molar refractivity (Wildman–Crippen MR) is 86.9 cm³/mol. The van der Waals surface area contributed by atoms with Crippen LogP contribution in [0.1, 0.15) is 12.5 Å². The summed E-state index contributed by atoms with van der Waals surface area (Å²) in [6.45, 7) is 6.20. The number of rotatable bonds is 4. The zero-order valence-electron chi connectivity index (χ0n) is 13.2. The molecule has 5 heteroatoms. The molecule has 0 radical (unpaired) electrons. The van der Waals surface area contributed by atoms with E-state index in [1.54, 1.807) is 0 Å². The van der Waals surface area contributed by atoms with Gasteiger partial charge in [-0.05, 0) is 37.1 Å². The largest absolute Gasteiger partial charge is 0.480 e. The lowest BCUT2D eigenvalue weighted by atomic mass is 10.1. The van der Waals surface area contributed by atoms with Crippen LogP contribution in [0.2, 0.25) is 0 Å². The number of aromatic nitrogens is 1. The Morgan fingerprint density at radius 1 is 1.32 bits per heavy atom. The quantitative estimate of drug-likeness (QED) is 0.936. The number of nitrogens with zero attached hydrogens (tertiary/aromatic N) is 3. The van der Waals surface area contributed by atoms with Gasteiger partial charge in [0.1, 0.15) is 6.04 Å². The summed E-state index contributed by atoms with van der Waals surface area (Å²) in [5.41, 5.74) is 2.50. The van der Waals surface area contributed by atoms with Crippen molar-refractivity contribution in [3.05, 3.63) is 36.0 Å². The fourth-order valence-electron chi connectivity index (χ4n) is 3.20. The summed E-state index contributed by atoms with van der Waals surface area (Å²) in [7, 11) is 1.89. The third kappa shape index (κ3) is 2.87. The highest BCUT2D eigenvalue weighted by Gasteiger charge is 2.29. The summed E-state index contributed by atoms with van der Waals surface area (Å²) >= 11 is 0. The van der Waals surface area contributed by atoms with E-state index >= 15 is 0 Å². The highest BCUT2D eigenvalue weighted by Crippen LogP contribution is 2.20. The third-order valence-electron chi connectivity index (χ3n) is 4.60. The maximum atomic E-state index is 11.3. The first kappa shape index (κ1) is 15.1. The molecule has 1 N–H and O–H groups in total. The molecule has 1 fully saturated rings. The van der Waals surface area contributed by atoms with Gasteiger partial charge in [0.2, 0.25) is 0 Å². The average molecular weight is 301 g/mol. The van der Waals surface area contributed by atoms with Crippen LogP contribution in [0.4, 0.5) is 0 Å². The van der Waals surface area contributed by atoms with Gasteiger partial charge in [0.25, 0.3) is 0 Å². The normalized spacial score (nSPS) is 20.5. The van der Waals surface area contributed by atoms with Crippen molar-refractivity contribution >= 4 is 16.9 Å². The van der Waals surface area contributed by atoms with Gasteiger partial charge >= 0.3 is 5.97 Å². The number of likely N-dealkylation sites (N-methyl/N-ethyl adjacent to an activating group) is 1. The standard InChI is InChI=1S/C17H23N3O2/c1-3-20-7-6-14-5-4-13(10-15(14)20)11-19-9-8-18(2)16(12-19)17(21)22/h4-7,10,16H,3,8-9,11-12H2,1-2H3,(H,21,22)/t16-/m1/s1. The molecule has 5 nitrogen and oxygen atoms in total. The van der Waals surface area contributed by atoms with Crippen molar-refractivity contribution in [3.8, 4) is 0 Å². The number of hydrogen-bond donors (Lipinski definition) is 1. The number of benzene rings is 1. The van der Waals surface area contributed by atoms with Gasteiger partial charge in [-0.15, -0.1) is 0 Å². The van der Waals surface area contributed by atoms with Gasteiger partial charge < -0.3 is 9.67 Å². The van der Waals surface area contributed by atoms with Crippen LogP contribution in [0.15, 0.2) is 30.5 Å². The number of fused-ring (bicyclic) bond motifs is 1. The van der Waals surface area contributed by atoms with Gasteiger partial charge in [0, 0.05) is 44.4 Å². The molecule has 3 rings (SSSR count). The van der Waals surface area contributed by atoms with Crippen LogP contribution in [0, 0.1) is 0 Å². The van der Waals surface area contributed by atoms with Crippen LogP contribution in [0.3, 0.4) is 0 Å². The molecule has 1 aliphatic rings. The number of carboxylic acids is 1. The minimum atomic E-state index is -0.734. The summed E-state index contributed by atoms with van der Waals surface area (Å²) < 4.78 is 2.24. The van der Waals surface area contributed by atoms with E-state index in [0.29, 0.717) is 6.54 Å². The van der Waals surface area contributed by atoms with Crippen LogP contribution in [0.25, 0.3) is 10.9 Å². The minimum absolute atomic E-state index is 0.406. The van der Waals surface area contributed by atoms with Gasteiger partial charge in [-0.3, -0.25) is 14.6 Å². The lowest BCUT2D eigenvalue weighted by Gasteiger charge is -2.37. The Morgan fingerprint density at radius 3 is 2.86 bits per heavy atom. The second kappa shape index (κ2) is 6.10. The van der Waals surface area contributed by atoms with E-state index in [1.807, 2.05) is 11.9 Å². The molecule has 0 aliphatic carbocycles. The summed E-state index contributed by atoms with van der Waals surface area (Å²) in [6.07, 6.45) is 2.12. The van der Waals surface area contributed by atoms with Gasteiger partial charge in [0.05, 0.1) is 0 Å². The monoisotopic (exact) mass is 301 g/mol. The van der Waals surface area contributed by atoms with Crippen LogP contribution >= 0.6 is 0 Å². The Balaban J connectivity index is 1.76. The smallest absolute Gasteiger partial charge is 0.322 e. The van der Waals surface area contributed by atoms with Crippen molar-refractivity contribution in [1.82, 2.24) is 14.4 Å². The van der Waals surface area contributed by atoms with Gasteiger partial charge in [-0.2, -0.15) is 0 Å². The molecule has 118 valence electrons.